The highest BCUT2D eigenvalue weighted by molar-refractivity contribution is 5.72. The van der Waals surface area contributed by atoms with Crippen LogP contribution < -0.4 is 0 Å². The quantitative estimate of drug-likeness (QED) is 0.614. The van der Waals surface area contributed by atoms with Gasteiger partial charge < -0.3 is 14.6 Å². The fraction of sp³-hybridized carbons (Fsp3) is 0.929. The van der Waals surface area contributed by atoms with Crippen molar-refractivity contribution in [2.75, 3.05) is 6.61 Å². The number of esters is 1. The van der Waals surface area contributed by atoms with E-state index in [9.17, 15) is 9.90 Å². The highest BCUT2D eigenvalue weighted by Gasteiger charge is 2.44. The van der Waals surface area contributed by atoms with Gasteiger partial charge in [-0.3, -0.25) is 4.79 Å². The molecule has 1 saturated heterocycles. The number of hydrogen-bond donors (Lipinski definition) is 1. The van der Waals surface area contributed by atoms with E-state index < -0.39 is 0 Å². The number of carbonyl (C=O) groups excluding carboxylic acids is 1. The van der Waals surface area contributed by atoms with E-state index in [-0.39, 0.29) is 18.0 Å². The van der Waals surface area contributed by atoms with Gasteiger partial charge >= 0.3 is 5.97 Å². The molecule has 3 atom stereocenters. The molecular weight excluding hydrogens is 232 g/mol. The van der Waals surface area contributed by atoms with Crippen molar-refractivity contribution in [3.63, 3.8) is 0 Å². The predicted octanol–water partition coefficient (Wildman–Crippen LogP) is 1.65. The first-order chi connectivity index (χ1) is 8.72. The molecule has 3 aliphatic rings. The Bertz CT molecular complexity index is 309. The maximum Gasteiger partial charge on any atom is 0.308 e. The molecule has 3 unspecified atom stereocenters. The van der Waals surface area contributed by atoms with E-state index in [1.54, 1.807) is 0 Å². The number of carbonyl (C=O) groups is 1. The Balaban J connectivity index is 1.38. The Morgan fingerprint density at radius 3 is 2.61 bits per heavy atom. The molecular formula is C14H22O4. The van der Waals surface area contributed by atoms with Crippen molar-refractivity contribution in [1.82, 2.24) is 0 Å². The fourth-order valence-electron chi connectivity index (χ4n) is 3.27. The monoisotopic (exact) mass is 254 g/mol. The topological polar surface area (TPSA) is 59.1 Å². The molecule has 102 valence electrons. The molecule has 0 aromatic heterocycles. The van der Waals surface area contributed by atoms with E-state index in [1.807, 2.05) is 0 Å². The number of aliphatic hydroxyl groups excluding tert-OH is 1. The van der Waals surface area contributed by atoms with Gasteiger partial charge in [0.1, 0.15) is 0 Å². The van der Waals surface area contributed by atoms with Crippen LogP contribution in [0.5, 0.6) is 0 Å². The molecule has 3 fully saturated rings. The molecule has 0 spiro atoms. The van der Waals surface area contributed by atoms with Crippen molar-refractivity contribution >= 4 is 5.97 Å². The van der Waals surface area contributed by atoms with Gasteiger partial charge in [0.2, 0.25) is 0 Å². The van der Waals surface area contributed by atoms with E-state index in [0.717, 1.165) is 44.9 Å². The number of rotatable bonds is 3. The minimum Gasteiger partial charge on any atom is -0.465 e. The standard InChI is InChI=1S/C14H22O4/c15-11-4-2-10(3-5-11)14(16)17-8-9-1-6-12-13(7-9)18-12/h9-13,15H,1-8H2. The summed E-state index contributed by atoms with van der Waals surface area (Å²) in [7, 11) is 0. The number of fused-ring (bicyclic) bond motifs is 1. The molecule has 1 heterocycles. The van der Waals surface area contributed by atoms with Crippen molar-refractivity contribution in [1.29, 1.82) is 0 Å². The number of hydrogen-bond acceptors (Lipinski definition) is 4. The lowest BCUT2D eigenvalue weighted by Crippen LogP contribution is -2.28. The average molecular weight is 254 g/mol. The summed E-state index contributed by atoms with van der Waals surface area (Å²) in [6.07, 6.45) is 7.08. The Morgan fingerprint density at radius 1 is 1.11 bits per heavy atom. The van der Waals surface area contributed by atoms with Crippen LogP contribution in [0.3, 0.4) is 0 Å². The molecule has 1 N–H and O–H groups in total. The van der Waals surface area contributed by atoms with Gasteiger partial charge in [0.25, 0.3) is 0 Å². The molecule has 1 aliphatic heterocycles. The van der Waals surface area contributed by atoms with Gasteiger partial charge in [-0.2, -0.15) is 0 Å². The largest absolute Gasteiger partial charge is 0.465 e. The molecule has 4 nitrogen and oxygen atoms in total. The maximum absolute atomic E-state index is 11.9. The lowest BCUT2D eigenvalue weighted by atomic mass is 9.87. The smallest absolute Gasteiger partial charge is 0.308 e. The second-order valence-electron chi connectivity index (χ2n) is 6.03. The zero-order valence-electron chi connectivity index (χ0n) is 10.7. The van der Waals surface area contributed by atoms with Crippen LogP contribution in [0.4, 0.5) is 0 Å². The first kappa shape index (κ1) is 12.4. The molecule has 0 bridgehead atoms. The Kier molecular flexibility index (Phi) is 3.57. The van der Waals surface area contributed by atoms with Crippen LogP contribution in [0.25, 0.3) is 0 Å². The summed E-state index contributed by atoms with van der Waals surface area (Å²) in [5.74, 6) is 0.453. The Morgan fingerprint density at radius 2 is 1.89 bits per heavy atom. The summed E-state index contributed by atoms with van der Waals surface area (Å²) in [6, 6.07) is 0. The van der Waals surface area contributed by atoms with Crippen LogP contribution >= 0.6 is 0 Å². The number of ether oxygens (including phenoxy) is 2. The van der Waals surface area contributed by atoms with Gasteiger partial charge in [0.15, 0.2) is 0 Å². The second kappa shape index (κ2) is 5.17. The van der Waals surface area contributed by atoms with Crippen molar-refractivity contribution in [2.24, 2.45) is 11.8 Å². The molecule has 4 heteroatoms. The highest BCUT2D eigenvalue weighted by Crippen LogP contribution is 2.39. The maximum atomic E-state index is 11.9. The predicted molar refractivity (Wildman–Crippen MR) is 64.9 cm³/mol. The summed E-state index contributed by atoms with van der Waals surface area (Å²) >= 11 is 0. The minimum atomic E-state index is -0.212. The molecule has 2 aliphatic carbocycles. The van der Waals surface area contributed by atoms with Crippen LogP contribution in [0.1, 0.15) is 44.9 Å². The SMILES string of the molecule is O=C(OCC1CCC2OC2C1)C1CCC(O)CC1. The summed E-state index contributed by atoms with van der Waals surface area (Å²) in [4.78, 5) is 11.9. The van der Waals surface area contributed by atoms with Crippen LogP contribution in [-0.4, -0.2) is 36.0 Å². The van der Waals surface area contributed by atoms with Crippen LogP contribution in [-0.2, 0) is 14.3 Å². The van der Waals surface area contributed by atoms with Gasteiger partial charge in [-0.25, -0.2) is 0 Å². The summed E-state index contributed by atoms with van der Waals surface area (Å²) in [5, 5.41) is 9.41. The van der Waals surface area contributed by atoms with E-state index in [1.165, 1.54) is 0 Å². The van der Waals surface area contributed by atoms with E-state index in [2.05, 4.69) is 0 Å². The molecule has 2 saturated carbocycles. The normalized spacial score (nSPS) is 43.1. The van der Waals surface area contributed by atoms with Gasteiger partial charge in [-0.05, 0) is 50.9 Å². The Hall–Kier alpha value is -0.610. The third kappa shape index (κ3) is 2.86. The van der Waals surface area contributed by atoms with Gasteiger partial charge in [0.05, 0.1) is 30.8 Å². The third-order valence-corrected chi connectivity index (χ3v) is 4.60. The first-order valence-electron chi connectivity index (χ1n) is 7.22. The fourth-order valence-corrected chi connectivity index (χ4v) is 3.27. The zero-order valence-corrected chi connectivity index (χ0v) is 10.7. The summed E-state index contributed by atoms with van der Waals surface area (Å²) < 4.78 is 10.9. The molecule has 0 amide bonds. The molecule has 0 aromatic rings. The van der Waals surface area contributed by atoms with Gasteiger partial charge in [0, 0.05) is 0 Å². The van der Waals surface area contributed by atoms with E-state index in [4.69, 9.17) is 9.47 Å². The molecule has 18 heavy (non-hydrogen) atoms. The van der Waals surface area contributed by atoms with Crippen LogP contribution in [0, 0.1) is 11.8 Å². The van der Waals surface area contributed by atoms with Gasteiger partial charge in [-0.1, -0.05) is 0 Å². The second-order valence-corrected chi connectivity index (χ2v) is 6.03. The van der Waals surface area contributed by atoms with Crippen LogP contribution in [0.2, 0.25) is 0 Å². The lowest BCUT2D eigenvalue weighted by molar-refractivity contribution is -0.152. The van der Waals surface area contributed by atoms with Gasteiger partial charge in [-0.15, -0.1) is 0 Å². The number of epoxide rings is 1. The summed E-state index contributed by atoms with van der Waals surface area (Å²) in [5.41, 5.74) is 0. The molecule has 3 rings (SSSR count). The highest BCUT2D eigenvalue weighted by atomic mass is 16.6. The zero-order chi connectivity index (χ0) is 12.5. The number of aliphatic hydroxyl groups is 1. The van der Waals surface area contributed by atoms with Crippen LogP contribution in [0.15, 0.2) is 0 Å². The summed E-state index contributed by atoms with van der Waals surface area (Å²) in [6.45, 7) is 0.560. The van der Waals surface area contributed by atoms with E-state index >= 15 is 0 Å². The first-order valence-corrected chi connectivity index (χ1v) is 7.22. The van der Waals surface area contributed by atoms with Crippen molar-refractivity contribution in [3.05, 3.63) is 0 Å². The lowest BCUT2D eigenvalue weighted by Gasteiger charge is -2.25. The molecule has 0 radical (unpaired) electrons. The van der Waals surface area contributed by atoms with Crippen molar-refractivity contribution in [3.8, 4) is 0 Å². The van der Waals surface area contributed by atoms with Crippen molar-refractivity contribution in [2.45, 2.75) is 63.3 Å². The minimum absolute atomic E-state index is 0.0157. The Labute approximate surface area is 108 Å². The average Bonchev–Trinajstić information content (AvgIpc) is 3.15. The third-order valence-electron chi connectivity index (χ3n) is 4.60. The van der Waals surface area contributed by atoms with Crippen molar-refractivity contribution < 1.29 is 19.4 Å². The van der Waals surface area contributed by atoms with E-state index in [0.29, 0.717) is 24.7 Å². The molecule has 0 aromatic carbocycles.